The summed E-state index contributed by atoms with van der Waals surface area (Å²) in [5.74, 6) is 0. The molecule has 5 heterocycles. The minimum Gasteiger partial charge on any atom is -0.256 e. The SMILES string of the molecule is c1cnc2c(c1)ccc1ccc(-c3ccc(-c4ccc5cc(-c6ccc7nc(-c8ccnc9ccccc89)ccc7c6)ccc5n4)cc3)nc12. The van der Waals surface area contributed by atoms with Gasteiger partial charge in [-0.1, -0.05) is 91.0 Å². The Hall–Kier alpha value is -6.85. The second-order valence-electron chi connectivity index (χ2n) is 12.6. The van der Waals surface area contributed by atoms with Gasteiger partial charge in [0.2, 0.25) is 0 Å². The highest BCUT2D eigenvalue weighted by molar-refractivity contribution is 6.03. The Morgan fingerprint density at radius 2 is 0.900 bits per heavy atom. The average Bonchev–Trinajstić information content (AvgIpc) is 3.19. The lowest BCUT2D eigenvalue weighted by Gasteiger charge is -2.10. The summed E-state index contributed by atoms with van der Waals surface area (Å²) < 4.78 is 0. The third kappa shape index (κ3) is 4.83. The molecule has 10 rings (SSSR count). The molecule has 0 aliphatic carbocycles. The topological polar surface area (TPSA) is 64.5 Å². The van der Waals surface area contributed by atoms with E-state index in [2.05, 4.69) is 131 Å². The maximum absolute atomic E-state index is 5.03. The number of hydrogen-bond acceptors (Lipinski definition) is 5. The molecule has 0 atom stereocenters. The fourth-order valence-corrected chi connectivity index (χ4v) is 6.94. The highest BCUT2D eigenvalue weighted by atomic mass is 14.8. The molecular formula is C45H27N5. The van der Waals surface area contributed by atoms with Gasteiger partial charge in [0.15, 0.2) is 0 Å². The maximum Gasteiger partial charge on any atom is 0.0972 e. The molecule has 0 fully saturated rings. The third-order valence-corrected chi connectivity index (χ3v) is 9.55. The first kappa shape index (κ1) is 28.2. The van der Waals surface area contributed by atoms with Crippen LogP contribution in [-0.4, -0.2) is 24.9 Å². The Morgan fingerprint density at radius 1 is 0.320 bits per heavy atom. The zero-order chi connectivity index (χ0) is 33.0. The van der Waals surface area contributed by atoms with Crippen molar-refractivity contribution >= 4 is 54.5 Å². The van der Waals surface area contributed by atoms with E-state index in [4.69, 9.17) is 15.0 Å². The molecule has 232 valence electrons. The summed E-state index contributed by atoms with van der Waals surface area (Å²) in [5, 5.41) is 5.48. The highest BCUT2D eigenvalue weighted by Gasteiger charge is 2.10. The van der Waals surface area contributed by atoms with Crippen molar-refractivity contribution in [3.8, 4) is 44.9 Å². The van der Waals surface area contributed by atoms with Gasteiger partial charge >= 0.3 is 0 Å². The van der Waals surface area contributed by atoms with Crippen LogP contribution in [0.5, 0.6) is 0 Å². The molecule has 0 radical (unpaired) electrons. The summed E-state index contributed by atoms with van der Waals surface area (Å²) in [7, 11) is 0. The van der Waals surface area contributed by atoms with Gasteiger partial charge < -0.3 is 0 Å². The Labute approximate surface area is 287 Å². The Morgan fingerprint density at radius 3 is 1.64 bits per heavy atom. The van der Waals surface area contributed by atoms with Gasteiger partial charge in [0, 0.05) is 56.0 Å². The fourth-order valence-electron chi connectivity index (χ4n) is 6.94. The Balaban J connectivity index is 0.926. The van der Waals surface area contributed by atoms with Crippen LogP contribution in [0.25, 0.3) is 99.4 Å². The molecule has 5 aromatic heterocycles. The van der Waals surface area contributed by atoms with Crippen LogP contribution in [-0.2, 0) is 0 Å². The lowest BCUT2D eigenvalue weighted by Crippen LogP contribution is -1.90. The first-order valence-electron chi connectivity index (χ1n) is 16.7. The molecule has 0 unspecified atom stereocenters. The number of hydrogen-bond donors (Lipinski definition) is 0. The van der Waals surface area contributed by atoms with Crippen molar-refractivity contribution in [2.75, 3.05) is 0 Å². The second kappa shape index (κ2) is 11.4. The van der Waals surface area contributed by atoms with Crippen molar-refractivity contribution in [1.29, 1.82) is 0 Å². The third-order valence-electron chi connectivity index (χ3n) is 9.55. The maximum atomic E-state index is 5.03. The minimum absolute atomic E-state index is 0.921. The predicted molar refractivity (Wildman–Crippen MR) is 205 cm³/mol. The summed E-state index contributed by atoms with van der Waals surface area (Å²) in [6.07, 6.45) is 3.68. The van der Waals surface area contributed by atoms with E-state index < -0.39 is 0 Å². The largest absolute Gasteiger partial charge is 0.256 e. The molecule has 0 spiro atoms. The van der Waals surface area contributed by atoms with Gasteiger partial charge in [0.05, 0.1) is 44.7 Å². The number of benzene rings is 5. The molecule has 0 aliphatic rings. The van der Waals surface area contributed by atoms with Crippen LogP contribution in [0.1, 0.15) is 0 Å². The molecule has 10 aromatic rings. The highest BCUT2D eigenvalue weighted by Crippen LogP contribution is 2.32. The van der Waals surface area contributed by atoms with Crippen molar-refractivity contribution in [3.63, 3.8) is 0 Å². The number of aromatic nitrogens is 5. The number of para-hydroxylation sites is 1. The summed E-state index contributed by atoms with van der Waals surface area (Å²) in [6, 6.07) is 52.6. The van der Waals surface area contributed by atoms with Crippen LogP contribution >= 0.6 is 0 Å². The smallest absolute Gasteiger partial charge is 0.0972 e. The standard InChI is InChI=1S/C45H27N5/c1-2-6-42-36(5-1)37(23-25-46-42)43-22-17-35-27-33(15-20-41(35)49-43)32-14-19-40-34(26-32)16-21-38(48-40)28-7-9-29(10-8-28)39-18-13-31-12-11-30-4-3-24-47-44(30)45(31)50-39/h1-27H. The molecule has 0 amide bonds. The lowest BCUT2D eigenvalue weighted by molar-refractivity contribution is 1.36. The van der Waals surface area contributed by atoms with E-state index in [0.717, 1.165) is 99.4 Å². The van der Waals surface area contributed by atoms with E-state index in [1.165, 1.54) is 0 Å². The van der Waals surface area contributed by atoms with Crippen molar-refractivity contribution in [3.05, 3.63) is 164 Å². The van der Waals surface area contributed by atoms with Crippen LogP contribution in [0.2, 0.25) is 0 Å². The van der Waals surface area contributed by atoms with Gasteiger partial charge in [-0.15, -0.1) is 0 Å². The van der Waals surface area contributed by atoms with Crippen LogP contribution in [0, 0.1) is 0 Å². The molecule has 0 saturated carbocycles. The van der Waals surface area contributed by atoms with E-state index >= 15 is 0 Å². The monoisotopic (exact) mass is 637 g/mol. The second-order valence-corrected chi connectivity index (χ2v) is 12.6. The van der Waals surface area contributed by atoms with Crippen molar-refractivity contribution in [1.82, 2.24) is 24.9 Å². The van der Waals surface area contributed by atoms with E-state index in [9.17, 15) is 0 Å². The Kier molecular flexibility index (Phi) is 6.42. The van der Waals surface area contributed by atoms with Gasteiger partial charge in [0.1, 0.15) is 0 Å². The zero-order valence-electron chi connectivity index (χ0n) is 26.8. The number of fused-ring (bicyclic) bond motifs is 6. The number of pyridine rings is 5. The van der Waals surface area contributed by atoms with Crippen LogP contribution < -0.4 is 0 Å². The lowest BCUT2D eigenvalue weighted by atomic mass is 10.00. The van der Waals surface area contributed by atoms with Gasteiger partial charge in [-0.3, -0.25) is 9.97 Å². The quantitative estimate of drug-likeness (QED) is 0.180. The molecule has 0 aliphatic heterocycles. The van der Waals surface area contributed by atoms with Crippen LogP contribution in [0.3, 0.4) is 0 Å². The first-order chi connectivity index (χ1) is 24.7. The summed E-state index contributed by atoms with van der Waals surface area (Å²) in [5.41, 5.74) is 13.1. The van der Waals surface area contributed by atoms with Gasteiger partial charge in [0.25, 0.3) is 0 Å². The molecule has 0 saturated heterocycles. The average molecular weight is 638 g/mol. The van der Waals surface area contributed by atoms with Crippen LogP contribution in [0.15, 0.2) is 164 Å². The molecule has 50 heavy (non-hydrogen) atoms. The number of nitrogens with zero attached hydrogens (tertiary/aromatic N) is 5. The predicted octanol–water partition coefficient (Wildman–Crippen LogP) is 11.1. The van der Waals surface area contributed by atoms with E-state index in [1.54, 1.807) is 0 Å². The molecule has 5 aromatic carbocycles. The molecule has 0 bridgehead atoms. The zero-order valence-corrected chi connectivity index (χ0v) is 26.8. The molecule has 0 N–H and O–H groups in total. The molecule has 5 nitrogen and oxygen atoms in total. The minimum atomic E-state index is 0.921. The number of rotatable bonds is 4. The van der Waals surface area contributed by atoms with E-state index in [1.807, 2.05) is 42.7 Å². The fraction of sp³-hybridized carbons (Fsp3) is 0. The van der Waals surface area contributed by atoms with E-state index in [0.29, 0.717) is 0 Å². The van der Waals surface area contributed by atoms with Crippen molar-refractivity contribution < 1.29 is 0 Å². The summed E-state index contributed by atoms with van der Waals surface area (Å²) >= 11 is 0. The van der Waals surface area contributed by atoms with Gasteiger partial charge in [-0.05, 0) is 71.8 Å². The van der Waals surface area contributed by atoms with Crippen LogP contribution in [0.4, 0.5) is 0 Å². The van der Waals surface area contributed by atoms with Gasteiger partial charge in [-0.2, -0.15) is 0 Å². The molecule has 5 heteroatoms. The van der Waals surface area contributed by atoms with E-state index in [-0.39, 0.29) is 0 Å². The summed E-state index contributed by atoms with van der Waals surface area (Å²) in [4.78, 5) is 24.2. The van der Waals surface area contributed by atoms with Crippen molar-refractivity contribution in [2.45, 2.75) is 0 Å². The normalized spacial score (nSPS) is 11.6. The first-order valence-corrected chi connectivity index (χ1v) is 16.7. The Bertz CT molecular complexity index is 2930. The molecular weight excluding hydrogens is 611 g/mol. The van der Waals surface area contributed by atoms with Crippen molar-refractivity contribution in [2.24, 2.45) is 0 Å². The van der Waals surface area contributed by atoms with Gasteiger partial charge in [-0.25, -0.2) is 15.0 Å². The summed E-state index contributed by atoms with van der Waals surface area (Å²) in [6.45, 7) is 0.